The molecule has 0 aliphatic rings. The topological polar surface area (TPSA) is 44.9 Å². The first-order valence-corrected chi connectivity index (χ1v) is 19.7. The standard InChI is InChI=1S/C50H56N4O.Pd/c1-31(2)25-34-23-24-51-45(26-34)53-43-20-15-14-17-39(43)40-22-21-37(30-44(40)53)55-38-28-35(48(5,6)7)27-36(29-38)54-33(4)46(32(3)52-54)47-41(49(8,9)10)18-16-19-42(47)50(11,12)13;/h14-24,26-28,31H,25H2,1-13H3;/q-2;+2. The van der Waals surface area contributed by atoms with Crippen LogP contribution in [-0.4, -0.2) is 19.3 Å². The summed E-state index contributed by atoms with van der Waals surface area (Å²) in [5.41, 5.74) is 12.2. The molecule has 0 amide bonds. The van der Waals surface area contributed by atoms with E-state index in [1.165, 1.54) is 27.8 Å². The first-order chi connectivity index (χ1) is 25.8. The summed E-state index contributed by atoms with van der Waals surface area (Å²) in [6, 6.07) is 35.3. The monoisotopic (exact) mass is 834 g/mol. The predicted molar refractivity (Wildman–Crippen MR) is 229 cm³/mol. The quantitative estimate of drug-likeness (QED) is 0.119. The first-order valence-electron chi connectivity index (χ1n) is 19.7. The van der Waals surface area contributed by atoms with E-state index in [1.807, 2.05) is 12.3 Å². The maximum Gasteiger partial charge on any atom is 2.00 e. The number of aromatic nitrogens is 4. The summed E-state index contributed by atoms with van der Waals surface area (Å²) in [6.07, 6.45) is 2.91. The van der Waals surface area contributed by atoms with Gasteiger partial charge in [0, 0.05) is 34.5 Å². The van der Waals surface area contributed by atoms with Crippen molar-refractivity contribution in [3.8, 4) is 34.1 Å². The second-order valence-corrected chi connectivity index (χ2v) is 18.7. The van der Waals surface area contributed by atoms with Crippen molar-refractivity contribution in [1.29, 1.82) is 0 Å². The molecule has 0 atom stereocenters. The summed E-state index contributed by atoms with van der Waals surface area (Å²) in [5.74, 6) is 2.67. The fourth-order valence-electron chi connectivity index (χ4n) is 7.91. The Balaban J connectivity index is 0.00000532. The maximum atomic E-state index is 6.75. The molecule has 292 valence electrons. The van der Waals surface area contributed by atoms with Gasteiger partial charge in [0.1, 0.15) is 5.82 Å². The van der Waals surface area contributed by atoms with Crippen LogP contribution in [0.1, 0.15) is 110 Å². The van der Waals surface area contributed by atoms with E-state index in [-0.39, 0.29) is 36.7 Å². The van der Waals surface area contributed by atoms with E-state index in [0.29, 0.717) is 17.4 Å². The number of fused-ring (bicyclic) bond motifs is 3. The fourth-order valence-corrected chi connectivity index (χ4v) is 7.91. The minimum atomic E-state index is -0.147. The van der Waals surface area contributed by atoms with E-state index in [4.69, 9.17) is 14.8 Å². The van der Waals surface area contributed by atoms with E-state index >= 15 is 0 Å². The summed E-state index contributed by atoms with van der Waals surface area (Å²) < 4.78 is 11.0. The predicted octanol–water partition coefficient (Wildman–Crippen LogP) is 13.1. The normalized spacial score (nSPS) is 12.5. The third kappa shape index (κ3) is 7.89. The summed E-state index contributed by atoms with van der Waals surface area (Å²) in [7, 11) is 0. The minimum Gasteiger partial charge on any atom is -0.509 e. The third-order valence-corrected chi connectivity index (χ3v) is 10.6. The Morgan fingerprint density at radius 2 is 1.38 bits per heavy atom. The summed E-state index contributed by atoms with van der Waals surface area (Å²) in [5, 5.41) is 7.48. The zero-order chi connectivity index (χ0) is 39.6. The zero-order valence-electron chi connectivity index (χ0n) is 35.4. The zero-order valence-corrected chi connectivity index (χ0v) is 36.9. The van der Waals surface area contributed by atoms with Crippen LogP contribution in [0.25, 0.3) is 44.4 Å². The molecule has 0 aliphatic carbocycles. The van der Waals surface area contributed by atoms with Gasteiger partial charge in [0.25, 0.3) is 0 Å². The first kappa shape index (κ1) is 41.1. The van der Waals surface area contributed by atoms with E-state index in [2.05, 4.69) is 184 Å². The average Bonchev–Trinajstić information content (AvgIpc) is 3.58. The number of aryl methyl sites for hydroxylation is 1. The molecule has 0 unspecified atom stereocenters. The van der Waals surface area contributed by atoms with Gasteiger partial charge in [-0.05, 0) is 94.0 Å². The molecule has 0 radical (unpaired) electrons. The molecular formula is C50H56N4OPd. The van der Waals surface area contributed by atoms with Crippen molar-refractivity contribution in [2.75, 3.05) is 0 Å². The molecule has 0 fully saturated rings. The van der Waals surface area contributed by atoms with Crippen molar-refractivity contribution in [2.45, 2.75) is 113 Å². The number of nitrogens with zero attached hydrogens (tertiary/aromatic N) is 4. The molecule has 3 aromatic heterocycles. The van der Waals surface area contributed by atoms with Gasteiger partial charge in [-0.1, -0.05) is 118 Å². The van der Waals surface area contributed by atoms with Crippen molar-refractivity contribution in [3.05, 3.63) is 131 Å². The molecule has 0 bridgehead atoms. The fraction of sp³-hybridized carbons (Fsp3) is 0.360. The van der Waals surface area contributed by atoms with Crippen molar-refractivity contribution in [2.24, 2.45) is 5.92 Å². The molecular weight excluding hydrogens is 779 g/mol. The van der Waals surface area contributed by atoms with Crippen molar-refractivity contribution < 1.29 is 25.2 Å². The van der Waals surface area contributed by atoms with Crippen molar-refractivity contribution in [3.63, 3.8) is 0 Å². The van der Waals surface area contributed by atoms with Gasteiger partial charge in [-0.2, -0.15) is 11.2 Å². The molecule has 0 aliphatic heterocycles. The second kappa shape index (κ2) is 15.1. The number of benzene rings is 4. The van der Waals surface area contributed by atoms with Gasteiger partial charge >= 0.3 is 20.4 Å². The van der Waals surface area contributed by atoms with E-state index < -0.39 is 0 Å². The van der Waals surface area contributed by atoms with Crippen LogP contribution in [0.15, 0.2) is 85.1 Å². The molecule has 0 saturated heterocycles. The summed E-state index contributed by atoms with van der Waals surface area (Å²) >= 11 is 0. The molecule has 0 spiro atoms. The van der Waals surface area contributed by atoms with Crippen LogP contribution in [0.5, 0.6) is 11.5 Å². The molecule has 7 aromatic rings. The Kier molecular flexibility index (Phi) is 11.1. The van der Waals surface area contributed by atoms with Gasteiger partial charge in [-0.15, -0.1) is 41.3 Å². The van der Waals surface area contributed by atoms with Gasteiger partial charge in [-0.25, -0.2) is 4.98 Å². The van der Waals surface area contributed by atoms with Crippen LogP contribution in [-0.2, 0) is 43.1 Å². The Morgan fingerprint density at radius 1 is 0.696 bits per heavy atom. The van der Waals surface area contributed by atoms with Crippen LogP contribution in [0.4, 0.5) is 0 Å². The summed E-state index contributed by atoms with van der Waals surface area (Å²) in [4.78, 5) is 4.85. The number of para-hydroxylation sites is 1. The van der Waals surface area contributed by atoms with Crippen LogP contribution in [0.2, 0.25) is 0 Å². The van der Waals surface area contributed by atoms with E-state index in [9.17, 15) is 0 Å². The maximum absolute atomic E-state index is 6.75. The average molecular weight is 835 g/mol. The second-order valence-electron chi connectivity index (χ2n) is 18.7. The molecule has 0 saturated carbocycles. The van der Waals surface area contributed by atoms with Crippen LogP contribution >= 0.6 is 0 Å². The van der Waals surface area contributed by atoms with Crippen LogP contribution in [0, 0.1) is 31.9 Å². The molecule has 0 N–H and O–H groups in total. The smallest absolute Gasteiger partial charge is 0.509 e. The molecule has 56 heavy (non-hydrogen) atoms. The molecule has 4 aromatic carbocycles. The molecule has 6 heteroatoms. The SMILES string of the molecule is Cc1nn(-c2[c-]c(Oc3[c-]c4c(cc3)c3ccccc3n4-c3cc(CC(C)C)ccn3)cc(C(C)(C)C)c2)c(C)c1-c1c(C(C)(C)C)cccc1C(C)(C)C.[Pd+2]. The molecule has 5 nitrogen and oxygen atoms in total. The van der Waals surface area contributed by atoms with Gasteiger partial charge in [0.15, 0.2) is 0 Å². The number of ether oxygens (including phenoxy) is 1. The van der Waals surface area contributed by atoms with Crippen molar-refractivity contribution in [1.82, 2.24) is 19.3 Å². The number of hydrogen-bond donors (Lipinski definition) is 0. The number of hydrogen-bond acceptors (Lipinski definition) is 3. The van der Waals surface area contributed by atoms with Gasteiger partial charge in [0.05, 0.1) is 5.69 Å². The Bertz CT molecular complexity index is 2520. The third-order valence-electron chi connectivity index (χ3n) is 10.6. The minimum absolute atomic E-state index is 0. The molecule has 3 heterocycles. The summed E-state index contributed by atoms with van der Waals surface area (Å²) in [6.45, 7) is 29.3. The number of pyridine rings is 1. The van der Waals surface area contributed by atoms with Crippen LogP contribution in [0.3, 0.4) is 0 Å². The Labute approximate surface area is 348 Å². The Hall–Kier alpha value is -4.50. The van der Waals surface area contributed by atoms with Gasteiger partial charge in [0.2, 0.25) is 0 Å². The van der Waals surface area contributed by atoms with E-state index in [1.54, 1.807) is 0 Å². The Morgan fingerprint density at radius 3 is 2.02 bits per heavy atom. The van der Waals surface area contributed by atoms with Crippen LogP contribution < -0.4 is 4.74 Å². The number of rotatable bonds is 7. The van der Waals surface area contributed by atoms with Gasteiger partial charge < -0.3 is 9.30 Å². The van der Waals surface area contributed by atoms with Crippen molar-refractivity contribution >= 4 is 21.8 Å². The van der Waals surface area contributed by atoms with Gasteiger partial charge in [-0.3, -0.25) is 4.68 Å². The molecule has 7 rings (SSSR count). The van der Waals surface area contributed by atoms with E-state index in [0.717, 1.165) is 56.7 Å². The largest absolute Gasteiger partial charge is 2.00 e.